The Kier molecular flexibility index (Phi) is 6.32. The van der Waals surface area contributed by atoms with E-state index in [0.29, 0.717) is 11.5 Å². The predicted molar refractivity (Wildman–Crippen MR) is 109 cm³/mol. The zero-order chi connectivity index (χ0) is 18.0. The number of aryl methyl sites for hydroxylation is 2. The van der Waals surface area contributed by atoms with E-state index in [2.05, 4.69) is 45.2 Å². The van der Waals surface area contributed by atoms with Crippen LogP contribution in [0.3, 0.4) is 0 Å². The number of benzene rings is 2. The van der Waals surface area contributed by atoms with E-state index in [4.69, 9.17) is 15.6 Å². The number of ether oxygens (including phenoxy) is 1. The van der Waals surface area contributed by atoms with E-state index in [9.17, 15) is 9.90 Å². The molecule has 24 heavy (non-hydrogen) atoms. The van der Waals surface area contributed by atoms with Gasteiger partial charge in [-0.2, -0.15) is 0 Å². The summed E-state index contributed by atoms with van der Waals surface area (Å²) in [5.74, 6) is 0.597. The van der Waals surface area contributed by atoms with Crippen LogP contribution in [0.25, 0.3) is 0 Å². The first-order chi connectivity index (χ1) is 11.2. The Morgan fingerprint density at radius 2 is 1.83 bits per heavy atom. The van der Waals surface area contributed by atoms with Crippen LogP contribution in [0.1, 0.15) is 16.7 Å². The summed E-state index contributed by atoms with van der Waals surface area (Å²) in [6, 6.07) is 6.39. The van der Waals surface area contributed by atoms with E-state index in [-0.39, 0.29) is 12.2 Å². The molecule has 1 atom stereocenters. The third-order valence-electron chi connectivity index (χ3n) is 3.51. The molecule has 0 saturated heterocycles. The van der Waals surface area contributed by atoms with Gasteiger partial charge in [0.2, 0.25) is 0 Å². The Morgan fingerprint density at radius 3 is 2.38 bits per heavy atom. The van der Waals surface area contributed by atoms with Crippen molar-refractivity contribution in [2.45, 2.75) is 26.3 Å². The van der Waals surface area contributed by atoms with Gasteiger partial charge in [-0.3, -0.25) is 4.79 Å². The summed E-state index contributed by atoms with van der Waals surface area (Å²) in [6.45, 7) is 3.73. The highest BCUT2D eigenvalue weighted by Crippen LogP contribution is 2.35. The van der Waals surface area contributed by atoms with Crippen LogP contribution < -0.4 is 10.5 Å². The van der Waals surface area contributed by atoms with Crippen LogP contribution in [0, 0.1) is 21.0 Å². The number of aromatic hydroxyl groups is 1. The van der Waals surface area contributed by atoms with Gasteiger partial charge in [0.25, 0.3) is 0 Å². The van der Waals surface area contributed by atoms with Crippen molar-refractivity contribution >= 4 is 51.2 Å². The maximum absolute atomic E-state index is 10.9. The maximum atomic E-state index is 10.9. The maximum Gasteiger partial charge on any atom is 0.320 e. The Morgan fingerprint density at radius 1 is 1.17 bits per heavy atom. The largest absolute Gasteiger partial charge is 0.507 e. The van der Waals surface area contributed by atoms with Crippen molar-refractivity contribution in [3.63, 3.8) is 0 Å². The SMILES string of the molecule is Cc1cc(Oc2c(C)cc(CC(N)C(=O)O)cc2I)cc(I)c1O. The molecule has 5 nitrogen and oxygen atoms in total. The first-order valence-electron chi connectivity index (χ1n) is 7.13. The molecule has 0 aromatic heterocycles. The third-order valence-corrected chi connectivity index (χ3v) is 5.13. The molecule has 1 unspecified atom stereocenters. The molecule has 0 saturated carbocycles. The second kappa shape index (κ2) is 7.87. The Hall–Kier alpha value is -1.07. The Bertz CT molecular complexity index is 746. The molecule has 2 aromatic rings. The molecule has 0 radical (unpaired) electrons. The first kappa shape index (κ1) is 19.3. The fourth-order valence-electron chi connectivity index (χ4n) is 2.27. The fraction of sp³-hybridized carbons (Fsp3) is 0.235. The lowest BCUT2D eigenvalue weighted by Gasteiger charge is -2.15. The van der Waals surface area contributed by atoms with Crippen LogP contribution in [-0.4, -0.2) is 22.2 Å². The van der Waals surface area contributed by atoms with Crippen molar-refractivity contribution in [2.24, 2.45) is 5.73 Å². The molecule has 0 bridgehead atoms. The number of nitrogens with two attached hydrogens (primary N) is 1. The molecule has 0 aliphatic heterocycles. The van der Waals surface area contributed by atoms with Crippen LogP contribution in [0.15, 0.2) is 24.3 Å². The number of carbonyl (C=O) groups is 1. The summed E-state index contributed by atoms with van der Waals surface area (Å²) in [7, 11) is 0. The summed E-state index contributed by atoms with van der Waals surface area (Å²) in [6.07, 6.45) is 0.267. The van der Waals surface area contributed by atoms with Gasteiger partial charge in [-0.15, -0.1) is 0 Å². The van der Waals surface area contributed by atoms with Gasteiger partial charge in [-0.1, -0.05) is 6.07 Å². The Labute approximate surface area is 167 Å². The van der Waals surface area contributed by atoms with Gasteiger partial charge in [-0.25, -0.2) is 0 Å². The highest BCUT2D eigenvalue weighted by Gasteiger charge is 2.16. The lowest BCUT2D eigenvalue weighted by Crippen LogP contribution is -2.32. The molecule has 4 N–H and O–H groups in total. The molecule has 7 heteroatoms. The van der Waals surface area contributed by atoms with Crippen LogP contribution in [0.2, 0.25) is 0 Å². The highest BCUT2D eigenvalue weighted by molar-refractivity contribution is 14.1. The average Bonchev–Trinajstić information content (AvgIpc) is 2.48. The van der Waals surface area contributed by atoms with Gasteiger partial charge < -0.3 is 20.7 Å². The van der Waals surface area contributed by atoms with E-state index >= 15 is 0 Å². The number of carboxylic acid groups (broad SMARTS) is 1. The van der Waals surface area contributed by atoms with E-state index in [1.165, 1.54) is 0 Å². The molecule has 0 amide bonds. The van der Waals surface area contributed by atoms with Crippen molar-refractivity contribution < 1.29 is 19.7 Å². The van der Waals surface area contributed by atoms with E-state index in [1.54, 1.807) is 12.1 Å². The lowest BCUT2D eigenvalue weighted by atomic mass is 10.0. The molecule has 0 spiro atoms. The summed E-state index contributed by atoms with van der Waals surface area (Å²) >= 11 is 4.22. The van der Waals surface area contributed by atoms with Gasteiger partial charge in [0.15, 0.2) is 0 Å². The average molecular weight is 553 g/mol. The quantitative estimate of drug-likeness (QED) is 0.488. The van der Waals surface area contributed by atoms with Crippen molar-refractivity contribution in [3.8, 4) is 17.2 Å². The second-order valence-electron chi connectivity index (χ2n) is 5.55. The zero-order valence-electron chi connectivity index (χ0n) is 13.1. The summed E-state index contributed by atoms with van der Waals surface area (Å²) in [5, 5.41) is 18.8. The van der Waals surface area contributed by atoms with Crippen molar-refractivity contribution in [1.29, 1.82) is 0 Å². The minimum absolute atomic E-state index is 0.257. The van der Waals surface area contributed by atoms with Gasteiger partial charge in [0, 0.05) is 0 Å². The molecule has 2 aromatic carbocycles. The molecule has 0 aliphatic rings. The zero-order valence-corrected chi connectivity index (χ0v) is 17.5. The molecular formula is C17H17I2NO4. The summed E-state index contributed by atoms with van der Waals surface area (Å²) in [4.78, 5) is 10.9. The van der Waals surface area contributed by atoms with Gasteiger partial charge in [-0.05, 0) is 100 Å². The molecule has 0 fully saturated rings. The van der Waals surface area contributed by atoms with Crippen molar-refractivity contribution in [1.82, 2.24) is 0 Å². The van der Waals surface area contributed by atoms with E-state index in [1.807, 2.05) is 26.0 Å². The normalized spacial score (nSPS) is 12.0. The Balaban J connectivity index is 2.30. The number of rotatable bonds is 5. The third kappa shape index (κ3) is 4.51. The number of halogens is 2. The van der Waals surface area contributed by atoms with Crippen LogP contribution >= 0.6 is 45.2 Å². The smallest absolute Gasteiger partial charge is 0.320 e. The number of phenolic OH excluding ortho intramolecular Hbond substituents is 1. The first-order valence-corrected chi connectivity index (χ1v) is 9.29. The number of aliphatic carboxylic acids is 1. The standard InChI is InChI=1S/C17H17I2NO4/c1-8-4-11(7-12(18)15(8)21)24-16-9(2)3-10(5-13(16)19)6-14(20)17(22)23/h3-5,7,14,21H,6,20H2,1-2H3,(H,22,23). The fourth-order valence-corrected chi connectivity index (χ4v) is 3.94. The molecule has 128 valence electrons. The topological polar surface area (TPSA) is 92.8 Å². The van der Waals surface area contributed by atoms with E-state index < -0.39 is 12.0 Å². The molecule has 2 rings (SSSR count). The minimum Gasteiger partial charge on any atom is -0.507 e. The van der Waals surface area contributed by atoms with Gasteiger partial charge >= 0.3 is 5.97 Å². The number of hydrogen-bond donors (Lipinski definition) is 3. The van der Waals surface area contributed by atoms with Gasteiger partial charge in [0.1, 0.15) is 23.3 Å². The van der Waals surface area contributed by atoms with Crippen LogP contribution in [-0.2, 0) is 11.2 Å². The van der Waals surface area contributed by atoms with Crippen LogP contribution in [0.4, 0.5) is 0 Å². The lowest BCUT2D eigenvalue weighted by molar-refractivity contribution is -0.138. The number of phenols is 1. The number of carboxylic acids is 1. The van der Waals surface area contributed by atoms with E-state index in [0.717, 1.165) is 23.8 Å². The molecular weight excluding hydrogens is 536 g/mol. The summed E-state index contributed by atoms with van der Waals surface area (Å²) < 4.78 is 7.59. The number of hydrogen-bond acceptors (Lipinski definition) is 4. The van der Waals surface area contributed by atoms with Gasteiger partial charge in [0.05, 0.1) is 7.14 Å². The molecule has 0 heterocycles. The minimum atomic E-state index is -1.02. The second-order valence-corrected chi connectivity index (χ2v) is 7.87. The highest BCUT2D eigenvalue weighted by atomic mass is 127. The summed E-state index contributed by atoms with van der Waals surface area (Å²) in [5.41, 5.74) is 8.10. The monoisotopic (exact) mass is 553 g/mol. The predicted octanol–water partition coefficient (Wildman–Crippen LogP) is 3.96. The molecule has 0 aliphatic carbocycles. The van der Waals surface area contributed by atoms with Crippen molar-refractivity contribution in [2.75, 3.05) is 0 Å². The van der Waals surface area contributed by atoms with Crippen molar-refractivity contribution in [3.05, 3.63) is 48.1 Å². The van der Waals surface area contributed by atoms with Crippen LogP contribution in [0.5, 0.6) is 17.2 Å².